The molecule has 0 saturated carbocycles. The maximum Gasteiger partial charge on any atom is 0.472 e. The van der Waals surface area contributed by atoms with Crippen molar-refractivity contribution in [3.05, 3.63) is 36.5 Å². The molecule has 0 bridgehead atoms. The zero-order chi connectivity index (χ0) is 39.6. The van der Waals surface area contributed by atoms with Gasteiger partial charge in [-0.3, -0.25) is 18.6 Å². The van der Waals surface area contributed by atoms with Crippen molar-refractivity contribution >= 4 is 19.8 Å². The van der Waals surface area contributed by atoms with Gasteiger partial charge >= 0.3 is 19.8 Å². The smallest absolute Gasteiger partial charge is 0.462 e. The number of phosphoric ester groups is 1. The summed E-state index contributed by atoms with van der Waals surface area (Å²) < 4.78 is 32.8. The summed E-state index contributed by atoms with van der Waals surface area (Å²) >= 11 is 0. The van der Waals surface area contributed by atoms with Crippen molar-refractivity contribution < 1.29 is 37.6 Å². The van der Waals surface area contributed by atoms with Crippen LogP contribution >= 0.6 is 7.82 Å². The lowest BCUT2D eigenvalue weighted by Gasteiger charge is -2.19. The monoisotopic (exact) mass is 784 g/mol. The molecular weight excluding hydrogens is 701 g/mol. The Morgan fingerprint density at radius 3 is 1.46 bits per heavy atom. The lowest BCUT2D eigenvalue weighted by Crippen LogP contribution is -2.29. The molecule has 0 aliphatic heterocycles. The number of hydrogen-bond donors (Lipinski definition) is 2. The average Bonchev–Trinajstić information content (AvgIpc) is 3.16. The summed E-state index contributed by atoms with van der Waals surface area (Å²) in [6.07, 6.45) is 44.5. The fourth-order valence-corrected chi connectivity index (χ4v) is 6.76. The molecular formula is C44H82NO8P. The Balaban J connectivity index is 4.18. The lowest BCUT2D eigenvalue weighted by molar-refractivity contribution is -0.161. The van der Waals surface area contributed by atoms with Crippen LogP contribution in [0.4, 0.5) is 0 Å². The van der Waals surface area contributed by atoms with Gasteiger partial charge < -0.3 is 20.1 Å². The van der Waals surface area contributed by atoms with Gasteiger partial charge in [0, 0.05) is 19.4 Å². The quantitative estimate of drug-likeness (QED) is 0.0269. The van der Waals surface area contributed by atoms with Crippen molar-refractivity contribution in [2.45, 2.75) is 206 Å². The van der Waals surface area contributed by atoms with E-state index < -0.39 is 26.5 Å². The predicted octanol–water partition coefficient (Wildman–Crippen LogP) is 12.6. The molecule has 0 aromatic carbocycles. The van der Waals surface area contributed by atoms with Gasteiger partial charge in [0.2, 0.25) is 0 Å². The number of hydrogen-bond acceptors (Lipinski definition) is 8. The summed E-state index contributed by atoms with van der Waals surface area (Å²) in [5, 5.41) is 0. The van der Waals surface area contributed by atoms with Crippen LogP contribution in [0.15, 0.2) is 36.5 Å². The number of rotatable bonds is 41. The molecule has 316 valence electrons. The SMILES string of the molecule is CCCCC/C=C/C/C=C/C/C=C/CCCCCCC(=O)O[C@H](COC(=O)CCCCCCCCCCCCCCCCCC)COP(=O)(O)OCCN. The number of ether oxygens (including phenoxy) is 2. The largest absolute Gasteiger partial charge is 0.472 e. The highest BCUT2D eigenvalue weighted by Gasteiger charge is 2.26. The standard InChI is InChI=1S/C44H82NO8P/c1-3-5-7-9-11-13-15-17-19-21-23-25-27-29-31-33-35-37-44(47)53-42(41-52-54(48,49)51-39-38-45)40-50-43(46)36-34-32-30-28-26-24-22-20-18-16-14-12-10-8-6-4-2/h11,13,17,19,23,25,42H,3-10,12,14-16,18,20-22,24,26-41,45H2,1-2H3,(H,48,49)/b13-11+,19-17+,25-23+/t42-/m1/s1. The van der Waals surface area contributed by atoms with E-state index in [4.69, 9.17) is 24.3 Å². The second kappa shape index (κ2) is 40.9. The molecule has 54 heavy (non-hydrogen) atoms. The number of allylic oxidation sites excluding steroid dienone is 6. The summed E-state index contributed by atoms with van der Waals surface area (Å²) in [6.45, 7) is 3.69. The third-order valence-corrected chi connectivity index (χ3v) is 10.3. The van der Waals surface area contributed by atoms with E-state index in [0.717, 1.165) is 57.8 Å². The van der Waals surface area contributed by atoms with E-state index in [-0.39, 0.29) is 38.6 Å². The van der Waals surface area contributed by atoms with E-state index in [9.17, 15) is 19.0 Å². The number of carbonyl (C=O) groups is 2. The average molecular weight is 784 g/mol. The molecule has 0 rings (SSSR count). The highest BCUT2D eigenvalue weighted by Crippen LogP contribution is 2.43. The predicted molar refractivity (Wildman–Crippen MR) is 224 cm³/mol. The number of carbonyl (C=O) groups excluding carboxylic acids is 2. The van der Waals surface area contributed by atoms with E-state index in [2.05, 4.69) is 50.3 Å². The molecule has 10 heteroatoms. The molecule has 1 unspecified atom stereocenters. The van der Waals surface area contributed by atoms with E-state index in [0.29, 0.717) is 6.42 Å². The number of phosphoric acid groups is 1. The minimum atomic E-state index is -4.38. The first kappa shape index (κ1) is 52.2. The van der Waals surface area contributed by atoms with Crippen molar-refractivity contribution in [2.24, 2.45) is 5.73 Å². The van der Waals surface area contributed by atoms with Crippen LogP contribution in [0.3, 0.4) is 0 Å². The maximum atomic E-state index is 12.6. The first-order chi connectivity index (χ1) is 26.3. The molecule has 0 aromatic heterocycles. The summed E-state index contributed by atoms with van der Waals surface area (Å²) in [5.74, 6) is -0.848. The summed E-state index contributed by atoms with van der Waals surface area (Å²) in [4.78, 5) is 34.9. The van der Waals surface area contributed by atoms with Gasteiger partial charge in [-0.25, -0.2) is 4.57 Å². The van der Waals surface area contributed by atoms with Crippen LogP contribution in [0.2, 0.25) is 0 Å². The van der Waals surface area contributed by atoms with E-state index in [1.54, 1.807) is 0 Å². The molecule has 0 radical (unpaired) electrons. The minimum absolute atomic E-state index is 0.0499. The topological polar surface area (TPSA) is 134 Å². The normalized spacial score (nSPS) is 13.6. The third kappa shape index (κ3) is 39.9. The zero-order valence-corrected chi connectivity index (χ0v) is 35.6. The van der Waals surface area contributed by atoms with Gasteiger partial charge in [0.15, 0.2) is 6.10 Å². The second-order valence-corrected chi connectivity index (χ2v) is 16.0. The lowest BCUT2D eigenvalue weighted by atomic mass is 10.0. The molecule has 3 N–H and O–H groups in total. The molecule has 0 fully saturated rings. The Labute approximate surface area is 331 Å². The van der Waals surface area contributed by atoms with Gasteiger partial charge in [0.25, 0.3) is 0 Å². The molecule has 0 heterocycles. The van der Waals surface area contributed by atoms with Gasteiger partial charge in [0.05, 0.1) is 13.2 Å². The van der Waals surface area contributed by atoms with Crippen LogP contribution in [-0.4, -0.2) is 49.3 Å². The molecule has 0 aromatic rings. The van der Waals surface area contributed by atoms with Crippen molar-refractivity contribution in [3.8, 4) is 0 Å². The second-order valence-electron chi connectivity index (χ2n) is 14.6. The molecule has 0 saturated heterocycles. The Kier molecular flexibility index (Phi) is 39.5. The summed E-state index contributed by atoms with van der Waals surface area (Å²) in [6, 6.07) is 0. The number of unbranched alkanes of at least 4 members (excludes halogenated alkanes) is 22. The van der Waals surface area contributed by atoms with E-state index in [1.165, 1.54) is 109 Å². The molecule has 2 atom stereocenters. The Bertz CT molecular complexity index is 986. The number of nitrogens with two attached hydrogens (primary N) is 1. The molecule has 0 aliphatic rings. The van der Waals surface area contributed by atoms with Crippen LogP contribution < -0.4 is 5.73 Å². The van der Waals surface area contributed by atoms with E-state index in [1.807, 2.05) is 0 Å². The van der Waals surface area contributed by atoms with Crippen LogP contribution in [-0.2, 0) is 32.7 Å². The van der Waals surface area contributed by atoms with Crippen LogP contribution in [0.1, 0.15) is 200 Å². The van der Waals surface area contributed by atoms with Gasteiger partial charge in [-0.2, -0.15) is 0 Å². The zero-order valence-electron chi connectivity index (χ0n) is 34.7. The first-order valence-corrected chi connectivity index (χ1v) is 23.5. The molecule has 9 nitrogen and oxygen atoms in total. The fourth-order valence-electron chi connectivity index (χ4n) is 5.99. The van der Waals surface area contributed by atoms with Crippen molar-refractivity contribution in [3.63, 3.8) is 0 Å². The Morgan fingerprint density at radius 1 is 0.556 bits per heavy atom. The van der Waals surface area contributed by atoms with Crippen LogP contribution in [0.5, 0.6) is 0 Å². The highest BCUT2D eigenvalue weighted by atomic mass is 31.2. The van der Waals surface area contributed by atoms with Crippen molar-refractivity contribution in [1.29, 1.82) is 0 Å². The summed E-state index contributed by atoms with van der Waals surface area (Å²) in [7, 11) is -4.38. The van der Waals surface area contributed by atoms with Crippen molar-refractivity contribution in [2.75, 3.05) is 26.4 Å². The summed E-state index contributed by atoms with van der Waals surface area (Å²) in [5.41, 5.74) is 5.35. The maximum absolute atomic E-state index is 12.6. The highest BCUT2D eigenvalue weighted by molar-refractivity contribution is 7.47. The fraction of sp³-hybridized carbons (Fsp3) is 0.818. The Morgan fingerprint density at radius 2 is 0.963 bits per heavy atom. The Hall–Kier alpha value is -1.77. The molecule has 0 spiro atoms. The van der Waals surface area contributed by atoms with Gasteiger partial charge in [0.1, 0.15) is 6.61 Å². The van der Waals surface area contributed by atoms with Gasteiger partial charge in [-0.1, -0.05) is 172 Å². The van der Waals surface area contributed by atoms with Crippen LogP contribution in [0, 0.1) is 0 Å². The first-order valence-electron chi connectivity index (χ1n) is 22.0. The van der Waals surface area contributed by atoms with Crippen molar-refractivity contribution in [1.82, 2.24) is 0 Å². The third-order valence-electron chi connectivity index (χ3n) is 9.28. The van der Waals surface area contributed by atoms with Gasteiger partial charge in [-0.15, -0.1) is 0 Å². The van der Waals surface area contributed by atoms with Crippen LogP contribution in [0.25, 0.3) is 0 Å². The molecule has 0 aliphatic carbocycles. The van der Waals surface area contributed by atoms with E-state index >= 15 is 0 Å². The van der Waals surface area contributed by atoms with Gasteiger partial charge in [-0.05, 0) is 51.4 Å². The molecule has 0 amide bonds. The number of esters is 2. The minimum Gasteiger partial charge on any atom is -0.462 e.